The highest BCUT2D eigenvalue weighted by Gasteiger charge is 2.35. The quantitative estimate of drug-likeness (QED) is 0.903. The lowest BCUT2D eigenvalue weighted by Crippen LogP contribution is -2.55. The van der Waals surface area contributed by atoms with Crippen molar-refractivity contribution in [2.75, 3.05) is 13.1 Å². The minimum Gasteiger partial charge on any atom is -0.311 e. The molecule has 98 valence electrons. The van der Waals surface area contributed by atoms with Gasteiger partial charge in [-0.25, -0.2) is 0 Å². The Morgan fingerprint density at radius 2 is 2.00 bits per heavy atom. The topological polar surface area (TPSA) is 15.3 Å². The summed E-state index contributed by atoms with van der Waals surface area (Å²) in [5.41, 5.74) is 1.36. The van der Waals surface area contributed by atoms with Gasteiger partial charge in [0.25, 0.3) is 0 Å². The van der Waals surface area contributed by atoms with Gasteiger partial charge in [-0.3, -0.25) is 4.90 Å². The van der Waals surface area contributed by atoms with Crippen LogP contribution in [0.3, 0.4) is 0 Å². The summed E-state index contributed by atoms with van der Waals surface area (Å²) in [6, 6.07) is 9.60. The van der Waals surface area contributed by atoms with Gasteiger partial charge < -0.3 is 5.32 Å². The van der Waals surface area contributed by atoms with Crippen molar-refractivity contribution in [2.24, 2.45) is 5.92 Å². The smallest absolute Gasteiger partial charge is 0.0406 e. The summed E-state index contributed by atoms with van der Waals surface area (Å²) < 4.78 is 0. The highest BCUT2D eigenvalue weighted by Crippen LogP contribution is 2.34. The first-order valence-corrected chi connectivity index (χ1v) is 7.32. The third-order valence-electron chi connectivity index (χ3n) is 4.22. The minimum atomic E-state index is 0.621. The molecule has 1 aromatic carbocycles. The zero-order valence-electron chi connectivity index (χ0n) is 10.9. The number of halogens is 1. The van der Waals surface area contributed by atoms with Crippen LogP contribution in [0.1, 0.15) is 25.3 Å². The number of nitrogens with one attached hydrogen (secondary N) is 1. The SMILES string of the molecule is CC1CNC(C2CC2)CN1Cc1ccc(Cl)cc1. The highest BCUT2D eigenvalue weighted by atomic mass is 35.5. The first-order chi connectivity index (χ1) is 8.72. The molecule has 1 aliphatic heterocycles. The van der Waals surface area contributed by atoms with Crippen LogP contribution in [0.4, 0.5) is 0 Å². The largest absolute Gasteiger partial charge is 0.311 e. The van der Waals surface area contributed by atoms with E-state index in [1.165, 1.54) is 24.9 Å². The molecule has 2 fully saturated rings. The average Bonchev–Trinajstić information content (AvgIpc) is 3.19. The maximum atomic E-state index is 5.93. The van der Waals surface area contributed by atoms with Crippen molar-refractivity contribution in [1.29, 1.82) is 0 Å². The Morgan fingerprint density at radius 3 is 2.67 bits per heavy atom. The van der Waals surface area contributed by atoms with E-state index in [-0.39, 0.29) is 0 Å². The van der Waals surface area contributed by atoms with Gasteiger partial charge in [-0.1, -0.05) is 23.7 Å². The van der Waals surface area contributed by atoms with E-state index in [9.17, 15) is 0 Å². The molecule has 2 atom stereocenters. The van der Waals surface area contributed by atoms with Gasteiger partial charge in [-0.05, 0) is 43.4 Å². The van der Waals surface area contributed by atoms with Gasteiger partial charge in [-0.2, -0.15) is 0 Å². The van der Waals surface area contributed by atoms with E-state index >= 15 is 0 Å². The van der Waals surface area contributed by atoms with E-state index < -0.39 is 0 Å². The van der Waals surface area contributed by atoms with Crippen LogP contribution in [-0.2, 0) is 6.54 Å². The van der Waals surface area contributed by atoms with Crippen molar-refractivity contribution in [1.82, 2.24) is 10.2 Å². The Kier molecular flexibility index (Phi) is 3.60. The molecule has 1 aromatic rings. The molecular formula is C15H21ClN2. The molecule has 0 radical (unpaired) electrons. The summed E-state index contributed by atoms with van der Waals surface area (Å²) in [7, 11) is 0. The van der Waals surface area contributed by atoms with E-state index in [1.54, 1.807) is 0 Å². The third kappa shape index (κ3) is 2.87. The summed E-state index contributed by atoms with van der Waals surface area (Å²) in [6.45, 7) is 5.67. The Morgan fingerprint density at radius 1 is 1.28 bits per heavy atom. The van der Waals surface area contributed by atoms with Crippen LogP contribution in [0.15, 0.2) is 24.3 Å². The second-order valence-corrected chi connectivity index (χ2v) is 6.19. The molecule has 1 aliphatic carbocycles. The first-order valence-electron chi connectivity index (χ1n) is 6.94. The first kappa shape index (κ1) is 12.5. The molecule has 18 heavy (non-hydrogen) atoms. The van der Waals surface area contributed by atoms with Gasteiger partial charge in [0.05, 0.1) is 0 Å². The maximum Gasteiger partial charge on any atom is 0.0406 e. The zero-order valence-corrected chi connectivity index (χ0v) is 11.7. The predicted octanol–water partition coefficient (Wildman–Crippen LogP) is 2.91. The number of rotatable bonds is 3. The lowest BCUT2D eigenvalue weighted by molar-refractivity contribution is 0.125. The normalized spacial score (nSPS) is 29.4. The van der Waals surface area contributed by atoms with Crippen molar-refractivity contribution >= 4 is 11.6 Å². The number of hydrogen-bond donors (Lipinski definition) is 1. The summed E-state index contributed by atoms with van der Waals surface area (Å²) in [5, 5.41) is 4.52. The molecule has 2 unspecified atom stereocenters. The van der Waals surface area contributed by atoms with Gasteiger partial charge in [0.15, 0.2) is 0 Å². The predicted molar refractivity (Wildman–Crippen MR) is 75.8 cm³/mol. The molecule has 2 nitrogen and oxygen atoms in total. The van der Waals surface area contributed by atoms with E-state index in [0.717, 1.165) is 24.0 Å². The number of hydrogen-bond acceptors (Lipinski definition) is 2. The van der Waals surface area contributed by atoms with Crippen molar-refractivity contribution < 1.29 is 0 Å². The monoisotopic (exact) mass is 264 g/mol. The second kappa shape index (κ2) is 5.20. The summed E-state index contributed by atoms with van der Waals surface area (Å²) in [5.74, 6) is 0.935. The third-order valence-corrected chi connectivity index (χ3v) is 4.47. The van der Waals surface area contributed by atoms with Gasteiger partial charge >= 0.3 is 0 Å². The molecule has 0 bridgehead atoms. The Labute approximate surface area is 114 Å². The number of nitrogens with zero attached hydrogens (tertiary/aromatic N) is 1. The summed E-state index contributed by atoms with van der Waals surface area (Å²) in [4.78, 5) is 2.60. The minimum absolute atomic E-state index is 0.621. The molecule has 2 aliphatic rings. The van der Waals surface area contributed by atoms with Crippen molar-refractivity contribution in [3.8, 4) is 0 Å². The molecule has 3 heteroatoms. The van der Waals surface area contributed by atoms with Crippen LogP contribution < -0.4 is 5.32 Å². The van der Waals surface area contributed by atoms with Crippen LogP contribution in [0.2, 0.25) is 5.02 Å². The zero-order chi connectivity index (χ0) is 12.5. The summed E-state index contributed by atoms with van der Waals surface area (Å²) in [6.07, 6.45) is 2.83. The Balaban J connectivity index is 1.64. The fourth-order valence-corrected chi connectivity index (χ4v) is 2.93. The summed E-state index contributed by atoms with van der Waals surface area (Å²) >= 11 is 5.93. The van der Waals surface area contributed by atoms with Gasteiger partial charge in [0, 0.05) is 36.7 Å². The van der Waals surface area contributed by atoms with Crippen LogP contribution in [0.5, 0.6) is 0 Å². The van der Waals surface area contributed by atoms with E-state index in [0.29, 0.717) is 12.1 Å². The number of piperazine rings is 1. The highest BCUT2D eigenvalue weighted by molar-refractivity contribution is 6.30. The molecule has 0 aromatic heterocycles. The van der Waals surface area contributed by atoms with Crippen molar-refractivity contribution in [3.63, 3.8) is 0 Å². The van der Waals surface area contributed by atoms with E-state index in [2.05, 4.69) is 29.3 Å². The molecular weight excluding hydrogens is 244 g/mol. The van der Waals surface area contributed by atoms with Crippen molar-refractivity contribution in [3.05, 3.63) is 34.9 Å². The molecule has 3 rings (SSSR count). The molecule has 1 saturated carbocycles. The van der Waals surface area contributed by atoms with Gasteiger partial charge in [0.2, 0.25) is 0 Å². The van der Waals surface area contributed by atoms with E-state index in [1.807, 2.05) is 12.1 Å². The van der Waals surface area contributed by atoms with Gasteiger partial charge in [-0.15, -0.1) is 0 Å². The maximum absolute atomic E-state index is 5.93. The van der Waals surface area contributed by atoms with Crippen LogP contribution >= 0.6 is 11.6 Å². The molecule has 1 saturated heterocycles. The molecule has 0 amide bonds. The van der Waals surface area contributed by atoms with Crippen LogP contribution in [0, 0.1) is 5.92 Å². The van der Waals surface area contributed by atoms with Crippen LogP contribution in [0.25, 0.3) is 0 Å². The molecule has 1 heterocycles. The average molecular weight is 265 g/mol. The van der Waals surface area contributed by atoms with Gasteiger partial charge in [0.1, 0.15) is 0 Å². The van der Waals surface area contributed by atoms with Crippen LogP contribution in [-0.4, -0.2) is 30.1 Å². The Hall–Kier alpha value is -0.570. The lowest BCUT2D eigenvalue weighted by atomic mass is 10.1. The Bertz CT molecular complexity index is 399. The lowest BCUT2D eigenvalue weighted by Gasteiger charge is -2.39. The molecule has 1 N–H and O–H groups in total. The van der Waals surface area contributed by atoms with Crippen molar-refractivity contribution in [2.45, 2.75) is 38.4 Å². The number of benzene rings is 1. The fraction of sp³-hybridized carbons (Fsp3) is 0.600. The van der Waals surface area contributed by atoms with E-state index in [4.69, 9.17) is 11.6 Å². The standard InChI is InChI=1S/C15H21ClN2/c1-11-8-17-15(13-4-5-13)10-18(11)9-12-2-6-14(16)7-3-12/h2-3,6-7,11,13,15,17H,4-5,8-10H2,1H3. The molecule has 0 spiro atoms. The fourth-order valence-electron chi connectivity index (χ4n) is 2.81. The second-order valence-electron chi connectivity index (χ2n) is 5.76.